The second-order valence-electron chi connectivity index (χ2n) is 9.82. The molecule has 1 fully saturated rings. The average Bonchev–Trinajstić information content (AvgIpc) is 3.00. The monoisotopic (exact) mass is 572 g/mol. The van der Waals surface area contributed by atoms with E-state index in [-0.39, 0.29) is 29.9 Å². The quantitative estimate of drug-likeness (QED) is 0.267. The Morgan fingerprint density at radius 1 is 0.829 bits per heavy atom. The minimum atomic E-state index is -0.421. The van der Waals surface area contributed by atoms with Crippen molar-refractivity contribution < 1.29 is 19.1 Å². The summed E-state index contributed by atoms with van der Waals surface area (Å²) in [6, 6.07) is 28.1. The summed E-state index contributed by atoms with van der Waals surface area (Å²) in [5, 5.41) is 5.62. The molecule has 3 aromatic rings. The summed E-state index contributed by atoms with van der Waals surface area (Å²) in [5.41, 5.74) is 3.44. The lowest BCUT2D eigenvalue weighted by atomic mass is 9.96. The third-order valence-corrected chi connectivity index (χ3v) is 7.08. The Labute approximate surface area is 246 Å². The van der Waals surface area contributed by atoms with Gasteiger partial charge in [0.05, 0.1) is 30.3 Å². The lowest BCUT2D eigenvalue weighted by Crippen LogP contribution is -2.50. The van der Waals surface area contributed by atoms with Crippen molar-refractivity contribution in [3.8, 4) is 0 Å². The summed E-state index contributed by atoms with van der Waals surface area (Å²) in [4.78, 5) is 41.8. The highest BCUT2D eigenvalue weighted by atomic mass is 32.1. The number of carbonyl (C=O) groups excluding carboxylic acids is 3. The molecule has 0 unspecified atom stereocenters. The van der Waals surface area contributed by atoms with Crippen LogP contribution in [0.5, 0.6) is 0 Å². The molecule has 1 heterocycles. The molecule has 1 aliphatic heterocycles. The number of nitrogens with zero attached hydrogens (tertiary/aromatic N) is 2. The largest absolute Gasteiger partial charge is 0.466 e. The highest BCUT2D eigenvalue weighted by molar-refractivity contribution is 7.80. The first-order chi connectivity index (χ1) is 20.0. The van der Waals surface area contributed by atoms with Crippen molar-refractivity contribution >= 4 is 40.8 Å². The van der Waals surface area contributed by atoms with E-state index in [4.69, 9.17) is 17.0 Å². The Morgan fingerprint density at radius 3 is 2.02 bits per heavy atom. The van der Waals surface area contributed by atoms with Gasteiger partial charge in [-0.2, -0.15) is 0 Å². The number of piperazine rings is 1. The van der Waals surface area contributed by atoms with Crippen LogP contribution in [-0.4, -0.2) is 65.5 Å². The first-order valence-corrected chi connectivity index (χ1v) is 14.4. The third-order valence-electron chi connectivity index (χ3n) is 6.88. The van der Waals surface area contributed by atoms with Crippen molar-refractivity contribution in [3.63, 3.8) is 0 Å². The van der Waals surface area contributed by atoms with Crippen molar-refractivity contribution in [3.05, 3.63) is 102 Å². The van der Waals surface area contributed by atoms with Gasteiger partial charge in [-0.05, 0) is 41.9 Å². The van der Waals surface area contributed by atoms with Crippen molar-refractivity contribution in [1.29, 1.82) is 0 Å². The zero-order valence-corrected chi connectivity index (χ0v) is 24.1. The fourth-order valence-corrected chi connectivity index (χ4v) is 5.09. The molecule has 9 heteroatoms. The highest BCUT2D eigenvalue weighted by Gasteiger charge is 2.29. The molecule has 8 nitrogen and oxygen atoms in total. The van der Waals surface area contributed by atoms with Gasteiger partial charge in [-0.3, -0.25) is 19.3 Å². The number of para-hydroxylation sites is 1. The highest BCUT2D eigenvalue weighted by Crippen LogP contribution is 2.30. The average molecular weight is 573 g/mol. The van der Waals surface area contributed by atoms with Crippen LogP contribution in [0.3, 0.4) is 0 Å². The predicted octanol–water partition coefficient (Wildman–Crippen LogP) is 4.78. The minimum absolute atomic E-state index is 0.0229. The molecule has 3 aromatic carbocycles. The first-order valence-electron chi connectivity index (χ1n) is 13.9. The van der Waals surface area contributed by atoms with Crippen molar-refractivity contribution in [2.24, 2.45) is 0 Å². The summed E-state index contributed by atoms with van der Waals surface area (Å²) in [6.45, 7) is 4.86. The number of benzene rings is 3. The van der Waals surface area contributed by atoms with Crippen LogP contribution in [0.15, 0.2) is 84.9 Å². The molecule has 1 aliphatic rings. The van der Waals surface area contributed by atoms with Crippen molar-refractivity contribution in [2.45, 2.75) is 32.2 Å². The van der Waals surface area contributed by atoms with Crippen LogP contribution >= 0.6 is 12.2 Å². The van der Waals surface area contributed by atoms with E-state index < -0.39 is 11.9 Å². The van der Waals surface area contributed by atoms with Gasteiger partial charge in [-0.1, -0.05) is 79.7 Å². The number of anilines is 1. The lowest BCUT2D eigenvalue weighted by Gasteiger charge is -2.40. The molecule has 1 saturated heterocycles. The number of hydrogen-bond acceptors (Lipinski definition) is 6. The molecule has 2 N–H and O–H groups in total. The standard InChI is InChI=1S/C32H36N4O4S/c1-2-23-40-29(38)18-17-28(37)34-32(41)33-27-16-10-9-15-26(27)31(39)36-21-19-35(20-22-36)30(24-11-5-3-6-12-24)25-13-7-4-8-14-25/h3-16,30H,2,17-23H2,1H3,(H2,33,34,37,41). The summed E-state index contributed by atoms with van der Waals surface area (Å²) < 4.78 is 4.99. The Balaban J connectivity index is 1.36. The molecule has 0 aliphatic carbocycles. The van der Waals surface area contributed by atoms with E-state index in [9.17, 15) is 14.4 Å². The van der Waals surface area contributed by atoms with Gasteiger partial charge in [0.15, 0.2) is 5.11 Å². The van der Waals surface area contributed by atoms with E-state index in [0.29, 0.717) is 30.9 Å². The van der Waals surface area contributed by atoms with Gasteiger partial charge in [-0.25, -0.2) is 0 Å². The number of nitrogens with one attached hydrogen (secondary N) is 2. The third kappa shape index (κ3) is 8.45. The van der Waals surface area contributed by atoms with Gasteiger partial charge in [0, 0.05) is 32.6 Å². The van der Waals surface area contributed by atoms with Crippen LogP contribution in [0.2, 0.25) is 0 Å². The summed E-state index contributed by atoms with van der Waals surface area (Å²) in [7, 11) is 0. The topological polar surface area (TPSA) is 91.0 Å². The maximum absolute atomic E-state index is 13.6. The lowest BCUT2D eigenvalue weighted by molar-refractivity contribution is -0.144. The number of rotatable bonds is 10. The molecule has 0 radical (unpaired) electrons. The Kier molecular flexibility index (Phi) is 11.0. The van der Waals surface area contributed by atoms with Gasteiger partial charge >= 0.3 is 5.97 Å². The summed E-state index contributed by atoms with van der Waals surface area (Å²) in [6.07, 6.45) is 0.661. The van der Waals surface area contributed by atoms with Crippen molar-refractivity contribution in [1.82, 2.24) is 15.1 Å². The number of thiocarbonyl (C=S) groups is 1. The predicted molar refractivity (Wildman–Crippen MR) is 163 cm³/mol. The number of carbonyl (C=O) groups is 3. The fourth-order valence-electron chi connectivity index (χ4n) is 4.86. The maximum Gasteiger partial charge on any atom is 0.306 e. The Bertz CT molecular complexity index is 1290. The number of amides is 2. The van der Waals surface area contributed by atoms with Gasteiger partial charge < -0.3 is 20.3 Å². The van der Waals surface area contributed by atoms with E-state index in [1.165, 1.54) is 11.1 Å². The van der Waals surface area contributed by atoms with E-state index in [1.807, 2.05) is 24.0 Å². The Hall–Kier alpha value is -4.08. The molecule has 4 rings (SSSR count). The summed E-state index contributed by atoms with van der Waals surface area (Å²) in [5.74, 6) is -0.922. The molecular formula is C32H36N4O4S. The number of ether oxygens (including phenoxy) is 1. The molecule has 214 valence electrons. The Morgan fingerprint density at radius 2 is 1.41 bits per heavy atom. The maximum atomic E-state index is 13.6. The van der Waals surface area contributed by atoms with E-state index >= 15 is 0 Å². The van der Waals surface area contributed by atoms with Gasteiger partial charge in [0.2, 0.25) is 5.91 Å². The van der Waals surface area contributed by atoms with Crippen LogP contribution < -0.4 is 10.6 Å². The van der Waals surface area contributed by atoms with Gasteiger partial charge in [-0.15, -0.1) is 0 Å². The molecule has 0 aromatic heterocycles. The number of hydrogen-bond donors (Lipinski definition) is 2. The zero-order valence-electron chi connectivity index (χ0n) is 23.3. The fraction of sp³-hybridized carbons (Fsp3) is 0.312. The summed E-state index contributed by atoms with van der Waals surface area (Å²) >= 11 is 5.31. The minimum Gasteiger partial charge on any atom is -0.466 e. The first kappa shape index (κ1) is 29.9. The van der Waals surface area contributed by atoms with Crippen LogP contribution in [0.25, 0.3) is 0 Å². The zero-order chi connectivity index (χ0) is 29.0. The van der Waals surface area contributed by atoms with Crippen molar-refractivity contribution in [2.75, 3.05) is 38.1 Å². The molecule has 0 saturated carbocycles. The van der Waals surface area contributed by atoms with Crippen LogP contribution in [0.4, 0.5) is 5.69 Å². The molecule has 41 heavy (non-hydrogen) atoms. The smallest absolute Gasteiger partial charge is 0.306 e. The molecular weight excluding hydrogens is 536 g/mol. The van der Waals surface area contributed by atoms with E-state index in [1.54, 1.807) is 24.3 Å². The molecule has 2 amide bonds. The van der Waals surface area contributed by atoms with E-state index in [2.05, 4.69) is 64.1 Å². The van der Waals surface area contributed by atoms with Crippen LogP contribution in [0.1, 0.15) is 53.7 Å². The van der Waals surface area contributed by atoms with Crippen LogP contribution in [-0.2, 0) is 14.3 Å². The van der Waals surface area contributed by atoms with E-state index in [0.717, 1.165) is 19.5 Å². The SMILES string of the molecule is CCCOC(=O)CCC(=O)NC(=S)Nc1ccccc1C(=O)N1CCN(C(c2ccccc2)c2ccccc2)CC1. The van der Waals surface area contributed by atoms with Gasteiger partial charge in [0.1, 0.15) is 0 Å². The molecule has 0 spiro atoms. The molecule has 0 atom stereocenters. The molecule has 0 bridgehead atoms. The second kappa shape index (κ2) is 15.1. The van der Waals surface area contributed by atoms with Crippen LogP contribution in [0, 0.1) is 0 Å². The normalized spacial score (nSPS) is 13.5. The van der Waals surface area contributed by atoms with Gasteiger partial charge in [0.25, 0.3) is 5.91 Å². The second-order valence-corrected chi connectivity index (χ2v) is 10.2. The number of esters is 1.